The number of amides is 1. The number of aliphatic carboxylic acids is 1. The smallest absolute Gasteiger partial charge is 0.328 e. The standard InChI is InChI=1S/C20H21ClN2O4/c1-3-27-14-8-9-15(16(21)10-14)19(24)23-17-7-5-4-6-13(17)11-22-12(2)18(23)20(25)26/h4-10,12,18,22H,3,11H2,1-2H3,(H,25,26)/t12?,18-/m1/s1. The number of nitrogens with zero attached hydrogens (tertiary/aromatic N) is 1. The van der Waals surface area contributed by atoms with Gasteiger partial charge in [0.1, 0.15) is 11.8 Å². The van der Waals surface area contributed by atoms with Crippen molar-refractivity contribution < 1.29 is 19.4 Å². The summed E-state index contributed by atoms with van der Waals surface area (Å²) >= 11 is 6.32. The molecule has 0 fully saturated rings. The molecule has 1 unspecified atom stereocenters. The third kappa shape index (κ3) is 3.77. The number of carboxylic acid groups (broad SMARTS) is 1. The Morgan fingerprint density at radius 3 is 2.70 bits per heavy atom. The summed E-state index contributed by atoms with van der Waals surface area (Å²) < 4.78 is 5.41. The number of nitrogens with one attached hydrogen (secondary N) is 1. The van der Waals surface area contributed by atoms with Crippen LogP contribution in [-0.4, -0.2) is 35.7 Å². The predicted molar refractivity (Wildman–Crippen MR) is 104 cm³/mol. The number of carboxylic acids is 1. The summed E-state index contributed by atoms with van der Waals surface area (Å²) in [6.45, 7) is 4.56. The Balaban J connectivity index is 2.10. The molecule has 2 aromatic rings. The Hall–Kier alpha value is -2.57. The highest BCUT2D eigenvalue weighted by atomic mass is 35.5. The summed E-state index contributed by atoms with van der Waals surface area (Å²) in [6, 6.07) is 10.6. The van der Waals surface area contributed by atoms with E-state index in [-0.39, 0.29) is 10.6 Å². The molecule has 0 saturated heterocycles. The van der Waals surface area contributed by atoms with E-state index in [1.165, 1.54) is 4.90 Å². The molecular weight excluding hydrogens is 368 g/mol. The lowest BCUT2D eigenvalue weighted by Gasteiger charge is -2.31. The molecule has 0 saturated carbocycles. The Kier molecular flexibility index (Phi) is 5.68. The van der Waals surface area contributed by atoms with Gasteiger partial charge in [-0.3, -0.25) is 9.69 Å². The second-order valence-corrected chi connectivity index (χ2v) is 6.74. The van der Waals surface area contributed by atoms with Gasteiger partial charge in [0.05, 0.1) is 17.2 Å². The van der Waals surface area contributed by atoms with Gasteiger partial charge in [-0.1, -0.05) is 29.8 Å². The lowest BCUT2D eigenvalue weighted by Crippen LogP contribution is -2.54. The van der Waals surface area contributed by atoms with Crippen LogP contribution in [0.5, 0.6) is 5.75 Å². The van der Waals surface area contributed by atoms with Gasteiger partial charge in [0.15, 0.2) is 0 Å². The molecule has 0 aliphatic carbocycles. The van der Waals surface area contributed by atoms with Crippen LogP contribution in [0.25, 0.3) is 0 Å². The molecule has 142 valence electrons. The van der Waals surface area contributed by atoms with Gasteiger partial charge < -0.3 is 15.2 Å². The van der Waals surface area contributed by atoms with Gasteiger partial charge in [-0.15, -0.1) is 0 Å². The topological polar surface area (TPSA) is 78.9 Å². The maximum Gasteiger partial charge on any atom is 0.328 e. The molecule has 7 heteroatoms. The normalized spacial score (nSPS) is 19.1. The number of benzene rings is 2. The van der Waals surface area contributed by atoms with Gasteiger partial charge in [0.25, 0.3) is 5.91 Å². The molecule has 6 nitrogen and oxygen atoms in total. The van der Waals surface area contributed by atoms with Gasteiger partial charge in [0, 0.05) is 18.3 Å². The van der Waals surface area contributed by atoms with E-state index in [1.54, 1.807) is 37.3 Å². The van der Waals surface area contributed by atoms with Crippen LogP contribution in [-0.2, 0) is 11.3 Å². The number of hydrogen-bond donors (Lipinski definition) is 2. The van der Waals surface area contributed by atoms with Crippen LogP contribution >= 0.6 is 11.6 Å². The van der Waals surface area contributed by atoms with Crippen molar-refractivity contribution in [3.8, 4) is 5.75 Å². The van der Waals surface area contributed by atoms with Crippen LogP contribution in [0.1, 0.15) is 29.8 Å². The first-order chi connectivity index (χ1) is 12.9. The van der Waals surface area contributed by atoms with Crippen LogP contribution in [0.2, 0.25) is 5.02 Å². The van der Waals surface area contributed by atoms with Crippen LogP contribution in [0.4, 0.5) is 5.69 Å². The Morgan fingerprint density at radius 1 is 1.30 bits per heavy atom. The van der Waals surface area contributed by atoms with E-state index in [2.05, 4.69) is 5.32 Å². The number of carbonyl (C=O) groups is 2. The third-order valence-electron chi connectivity index (χ3n) is 4.57. The van der Waals surface area contributed by atoms with E-state index < -0.39 is 24.0 Å². The van der Waals surface area contributed by atoms with Crippen LogP contribution in [0.15, 0.2) is 42.5 Å². The van der Waals surface area contributed by atoms with Crippen molar-refractivity contribution in [2.24, 2.45) is 0 Å². The Bertz CT molecular complexity index is 871. The number of anilines is 1. The molecule has 1 heterocycles. The lowest BCUT2D eigenvalue weighted by atomic mass is 10.0. The van der Waals surface area contributed by atoms with Gasteiger partial charge >= 0.3 is 5.97 Å². The van der Waals surface area contributed by atoms with Crippen LogP contribution in [0.3, 0.4) is 0 Å². The number of halogens is 1. The van der Waals surface area contributed by atoms with Crippen molar-refractivity contribution in [3.05, 3.63) is 58.6 Å². The van der Waals surface area contributed by atoms with E-state index >= 15 is 0 Å². The maximum atomic E-state index is 13.4. The zero-order valence-corrected chi connectivity index (χ0v) is 15.9. The molecule has 0 radical (unpaired) electrons. The molecule has 1 amide bonds. The summed E-state index contributed by atoms with van der Waals surface area (Å²) in [7, 11) is 0. The SMILES string of the molecule is CCOc1ccc(C(=O)N2c3ccccc3CNC(C)[C@@H]2C(=O)O)c(Cl)c1. The fourth-order valence-corrected chi connectivity index (χ4v) is 3.52. The summed E-state index contributed by atoms with van der Waals surface area (Å²) in [5.41, 5.74) is 1.65. The largest absolute Gasteiger partial charge is 0.494 e. The molecule has 3 rings (SSSR count). The molecule has 2 N–H and O–H groups in total. The second kappa shape index (κ2) is 7.98. The summed E-state index contributed by atoms with van der Waals surface area (Å²) in [5.74, 6) is -0.985. The first-order valence-electron chi connectivity index (χ1n) is 8.74. The highest BCUT2D eigenvalue weighted by Gasteiger charge is 2.39. The van der Waals surface area contributed by atoms with Gasteiger partial charge in [-0.25, -0.2) is 4.79 Å². The number of ether oxygens (including phenoxy) is 1. The Labute approximate surface area is 162 Å². The van der Waals surface area contributed by atoms with Crippen molar-refractivity contribution in [2.75, 3.05) is 11.5 Å². The van der Waals surface area contributed by atoms with E-state index in [0.29, 0.717) is 24.6 Å². The number of rotatable bonds is 4. The van der Waals surface area contributed by atoms with Gasteiger partial charge in [0.2, 0.25) is 0 Å². The zero-order chi connectivity index (χ0) is 19.6. The van der Waals surface area contributed by atoms with E-state index in [4.69, 9.17) is 16.3 Å². The first kappa shape index (κ1) is 19.2. The molecule has 0 bridgehead atoms. The highest BCUT2D eigenvalue weighted by molar-refractivity contribution is 6.34. The molecule has 1 aliphatic rings. The lowest BCUT2D eigenvalue weighted by molar-refractivity contribution is -0.139. The minimum Gasteiger partial charge on any atom is -0.494 e. The molecule has 2 atom stereocenters. The van der Waals surface area contributed by atoms with Gasteiger partial charge in [-0.05, 0) is 43.7 Å². The number of fused-ring (bicyclic) bond motifs is 1. The highest BCUT2D eigenvalue weighted by Crippen LogP contribution is 2.31. The molecular formula is C20H21ClN2O4. The fourth-order valence-electron chi connectivity index (χ4n) is 3.27. The molecule has 27 heavy (non-hydrogen) atoms. The summed E-state index contributed by atoms with van der Waals surface area (Å²) in [6.07, 6.45) is 0. The van der Waals surface area contributed by atoms with Crippen molar-refractivity contribution in [3.63, 3.8) is 0 Å². The van der Waals surface area contributed by atoms with Crippen LogP contribution in [0, 0.1) is 0 Å². The van der Waals surface area contributed by atoms with Crippen molar-refractivity contribution in [1.29, 1.82) is 0 Å². The minimum absolute atomic E-state index is 0.220. The Morgan fingerprint density at radius 2 is 2.04 bits per heavy atom. The molecule has 0 spiro atoms. The predicted octanol–water partition coefficient (Wildman–Crippen LogP) is 3.33. The van der Waals surface area contributed by atoms with Crippen molar-refractivity contribution in [1.82, 2.24) is 5.32 Å². The molecule has 1 aliphatic heterocycles. The minimum atomic E-state index is -1.08. The monoisotopic (exact) mass is 388 g/mol. The first-order valence-corrected chi connectivity index (χ1v) is 9.11. The second-order valence-electron chi connectivity index (χ2n) is 6.33. The quantitative estimate of drug-likeness (QED) is 0.839. The maximum absolute atomic E-state index is 13.4. The summed E-state index contributed by atoms with van der Waals surface area (Å²) in [5, 5.41) is 13.2. The third-order valence-corrected chi connectivity index (χ3v) is 4.88. The molecule has 0 aromatic heterocycles. The fraction of sp³-hybridized carbons (Fsp3) is 0.300. The summed E-state index contributed by atoms with van der Waals surface area (Å²) in [4.78, 5) is 26.7. The van der Waals surface area contributed by atoms with E-state index in [9.17, 15) is 14.7 Å². The number of hydrogen-bond acceptors (Lipinski definition) is 4. The van der Waals surface area contributed by atoms with E-state index in [1.807, 2.05) is 19.1 Å². The average molecular weight is 389 g/mol. The number of para-hydroxylation sites is 1. The zero-order valence-electron chi connectivity index (χ0n) is 15.1. The van der Waals surface area contributed by atoms with Crippen molar-refractivity contribution >= 4 is 29.2 Å². The number of carbonyl (C=O) groups excluding carboxylic acids is 1. The molecule has 2 aromatic carbocycles. The van der Waals surface area contributed by atoms with Crippen LogP contribution < -0.4 is 15.0 Å². The van der Waals surface area contributed by atoms with Crippen molar-refractivity contribution in [2.45, 2.75) is 32.5 Å². The average Bonchev–Trinajstić information content (AvgIpc) is 2.78. The van der Waals surface area contributed by atoms with E-state index in [0.717, 1.165) is 5.56 Å². The van der Waals surface area contributed by atoms with Gasteiger partial charge in [-0.2, -0.15) is 0 Å².